The number of hydrogen-bond donors (Lipinski definition) is 1. The van der Waals surface area contributed by atoms with E-state index in [-0.39, 0.29) is 5.56 Å². The molecule has 0 amide bonds. The molecule has 2 nitrogen and oxygen atoms in total. The SMILES string of the molecule is CSCCCNc1cccc(F)c1C#N. The van der Waals surface area contributed by atoms with Crippen LogP contribution in [0.5, 0.6) is 0 Å². The molecule has 0 radical (unpaired) electrons. The summed E-state index contributed by atoms with van der Waals surface area (Å²) in [6, 6.07) is 6.49. The van der Waals surface area contributed by atoms with E-state index in [0.717, 1.165) is 18.7 Å². The van der Waals surface area contributed by atoms with Crippen molar-refractivity contribution in [3.05, 3.63) is 29.6 Å². The van der Waals surface area contributed by atoms with Gasteiger partial charge in [-0.05, 0) is 30.6 Å². The quantitative estimate of drug-likeness (QED) is 0.781. The molecule has 0 spiro atoms. The Morgan fingerprint density at radius 1 is 1.53 bits per heavy atom. The third-order valence-electron chi connectivity index (χ3n) is 1.97. The Bertz CT molecular complexity index is 360. The number of halogens is 1. The molecule has 1 rings (SSSR count). The van der Waals surface area contributed by atoms with Gasteiger partial charge in [0.25, 0.3) is 0 Å². The van der Waals surface area contributed by atoms with Crippen LogP contribution >= 0.6 is 11.8 Å². The van der Waals surface area contributed by atoms with E-state index >= 15 is 0 Å². The van der Waals surface area contributed by atoms with Crippen molar-refractivity contribution in [2.75, 3.05) is 23.9 Å². The average molecular weight is 224 g/mol. The fourth-order valence-corrected chi connectivity index (χ4v) is 1.66. The molecular weight excluding hydrogens is 211 g/mol. The second-order valence-corrected chi connectivity index (χ2v) is 4.03. The van der Waals surface area contributed by atoms with Crippen LogP contribution in [-0.4, -0.2) is 18.6 Å². The first-order valence-electron chi connectivity index (χ1n) is 4.71. The normalized spacial score (nSPS) is 9.67. The highest BCUT2D eigenvalue weighted by molar-refractivity contribution is 7.98. The first kappa shape index (κ1) is 11.9. The van der Waals surface area contributed by atoms with Crippen molar-refractivity contribution in [2.24, 2.45) is 0 Å². The van der Waals surface area contributed by atoms with Crippen LogP contribution in [0.15, 0.2) is 18.2 Å². The molecule has 0 atom stereocenters. The van der Waals surface area contributed by atoms with Gasteiger partial charge in [0.1, 0.15) is 17.4 Å². The molecule has 0 fully saturated rings. The van der Waals surface area contributed by atoms with Gasteiger partial charge in [-0.3, -0.25) is 0 Å². The van der Waals surface area contributed by atoms with Crippen LogP contribution < -0.4 is 5.32 Å². The molecule has 15 heavy (non-hydrogen) atoms. The second kappa shape index (κ2) is 6.31. The highest BCUT2D eigenvalue weighted by Crippen LogP contribution is 2.17. The first-order valence-corrected chi connectivity index (χ1v) is 6.10. The van der Waals surface area contributed by atoms with Crippen molar-refractivity contribution < 1.29 is 4.39 Å². The van der Waals surface area contributed by atoms with Crippen LogP contribution in [0.1, 0.15) is 12.0 Å². The number of benzene rings is 1. The summed E-state index contributed by atoms with van der Waals surface area (Å²) in [5.41, 5.74) is 0.681. The molecule has 1 N–H and O–H groups in total. The smallest absolute Gasteiger partial charge is 0.143 e. The maximum atomic E-state index is 13.2. The molecule has 80 valence electrons. The summed E-state index contributed by atoms with van der Waals surface area (Å²) >= 11 is 1.77. The summed E-state index contributed by atoms with van der Waals surface area (Å²) < 4.78 is 13.2. The third-order valence-corrected chi connectivity index (χ3v) is 2.66. The summed E-state index contributed by atoms with van der Waals surface area (Å²) in [5.74, 6) is 0.594. The van der Waals surface area contributed by atoms with E-state index in [2.05, 4.69) is 5.32 Å². The van der Waals surface area contributed by atoms with E-state index in [1.54, 1.807) is 23.9 Å². The van der Waals surface area contributed by atoms with Crippen LogP contribution in [0, 0.1) is 17.1 Å². The van der Waals surface area contributed by atoms with Gasteiger partial charge in [0, 0.05) is 6.54 Å². The van der Waals surface area contributed by atoms with Gasteiger partial charge in [-0.2, -0.15) is 17.0 Å². The molecule has 0 saturated heterocycles. The molecule has 0 heterocycles. The van der Waals surface area contributed by atoms with Crippen LogP contribution in [0.2, 0.25) is 0 Å². The molecular formula is C11H13FN2S. The zero-order chi connectivity index (χ0) is 11.1. The molecule has 1 aromatic carbocycles. The lowest BCUT2D eigenvalue weighted by Gasteiger charge is -2.07. The monoisotopic (exact) mass is 224 g/mol. The summed E-state index contributed by atoms with van der Waals surface area (Å²) in [6.07, 6.45) is 3.05. The molecule has 0 aliphatic rings. The minimum Gasteiger partial charge on any atom is -0.384 e. The van der Waals surface area contributed by atoms with Crippen molar-refractivity contribution in [1.29, 1.82) is 5.26 Å². The molecule has 4 heteroatoms. The number of nitriles is 1. The molecule has 1 aromatic rings. The zero-order valence-corrected chi connectivity index (χ0v) is 9.40. The van der Waals surface area contributed by atoms with Crippen molar-refractivity contribution in [1.82, 2.24) is 0 Å². The molecule has 0 aromatic heterocycles. The Morgan fingerprint density at radius 3 is 3.00 bits per heavy atom. The number of anilines is 1. The molecule has 0 saturated carbocycles. The number of hydrogen-bond acceptors (Lipinski definition) is 3. The lowest BCUT2D eigenvalue weighted by atomic mass is 10.2. The van der Waals surface area contributed by atoms with E-state index in [1.165, 1.54) is 6.07 Å². The Balaban J connectivity index is 2.61. The standard InChI is InChI=1S/C11H13FN2S/c1-15-7-3-6-14-11-5-2-4-10(12)9(11)8-13/h2,4-5,14H,3,6-7H2,1H3. The lowest BCUT2D eigenvalue weighted by molar-refractivity contribution is 0.624. The number of thioether (sulfide) groups is 1. The number of nitrogens with zero attached hydrogens (tertiary/aromatic N) is 1. The van der Waals surface area contributed by atoms with E-state index in [9.17, 15) is 4.39 Å². The van der Waals surface area contributed by atoms with Crippen molar-refractivity contribution in [3.8, 4) is 6.07 Å². The van der Waals surface area contributed by atoms with E-state index in [4.69, 9.17) is 5.26 Å². The minimum absolute atomic E-state index is 0.0988. The Morgan fingerprint density at radius 2 is 2.33 bits per heavy atom. The van der Waals surface area contributed by atoms with E-state index in [1.807, 2.05) is 12.3 Å². The Labute approximate surface area is 93.5 Å². The fourth-order valence-electron chi connectivity index (χ4n) is 1.22. The van der Waals surface area contributed by atoms with Crippen LogP contribution in [0.3, 0.4) is 0 Å². The highest BCUT2D eigenvalue weighted by atomic mass is 32.2. The summed E-state index contributed by atoms with van der Waals surface area (Å²) in [6.45, 7) is 0.763. The maximum absolute atomic E-state index is 13.2. The van der Waals surface area contributed by atoms with Gasteiger partial charge in [0.05, 0.1) is 5.69 Å². The largest absolute Gasteiger partial charge is 0.384 e. The summed E-state index contributed by atoms with van der Waals surface area (Å²) in [5, 5.41) is 11.8. The lowest BCUT2D eigenvalue weighted by Crippen LogP contribution is -2.05. The number of nitrogens with one attached hydrogen (secondary N) is 1. The van der Waals surface area contributed by atoms with Crippen molar-refractivity contribution in [3.63, 3.8) is 0 Å². The first-order chi connectivity index (χ1) is 7.29. The van der Waals surface area contributed by atoms with Crippen molar-refractivity contribution in [2.45, 2.75) is 6.42 Å². The summed E-state index contributed by atoms with van der Waals surface area (Å²) in [7, 11) is 0. The van der Waals surface area contributed by atoms with E-state index < -0.39 is 5.82 Å². The molecule has 0 bridgehead atoms. The van der Waals surface area contributed by atoms with Gasteiger partial charge < -0.3 is 5.32 Å². The van der Waals surface area contributed by atoms with Crippen LogP contribution in [-0.2, 0) is 0 Å². The summed E-state index contributed by atoms with van der Waals surface area (Å²) in [4.78, 5) is 0. The fraction of sp³-hybridized carbons (Fsp3) is 0.364. The van der Waals surface area contributed by atoms with E-state index in [0.29, 0.717) is 5.69 Å². The second-order valence-electron chi connectivity index (χ2n) is 3.05. The Hall–Kier alpha value is -1.21. The zero-order valence-electron chi connectivity index (χ0n) is 8.59. The van der Waals surface area contributed by atoms with Gasteiger partial charge in [-0.1, -0.05) is 6.07 Å². The maximum Gasteiger partial charge on any atom is 0.143 e. The molecule has 0 aliphatic carbocycles. The molecule has 0 aliphatic heterocycles. The highest BCUT2D eigenvalue weighted by Gasteiger charge is 2.06. The van der Waals surface area contributed by atoms with Gasteiger partial charge in [0.2, 0.25) is 0 Å². The minimum atomic E-state index is -0.465. The van der Waals surface area contributed by atoms with Gasteiger partial charge in [-0.15, -0.1) is 0 Å². The topological polar surface area (TPSA) is 35.8 Å². The van der Waals surface area contributed by atoms with Crippen LogP contribution in [0.4, 0.5) is 10.1 Å². The van der Waals surface area contributed by atoms with Gasteiger partial charge in [0.15, 0.2) is 0 Å². The predicted molar refractivity (Wildman–Crippen MR) is 62.6 cm³/mol. The van der Waals surface area contributed by atoms with Crippen LogP contribution in [0.25, 0.3) is 0 Å². The average Bonchev–Trinajstić information content (AvgIpc) is 2.24. The van der Waals surface area contributed by atoms with Crippen molar-refractivity contribution >= 4 is 17.4 Å². The Kier molecular flexibility index (Phi) is 4.99. The predicted octanol–water partition coefficient (Wildman–Crippen LogP) is 2.86. The van der Waals surface area contributed by atoms with Gasteiger partial charge >= 0.3 is 0 Å². The van der Waals surface area contributed by atoms with Gasteiger partial charge in [-0.25, -0.2) is 4.39 Å². The third kappa shape index (κ3) is 3.45. The number of rotatable bonds is 5. The molecule has 0 unspecified atom stereocenters.